The van der Waals surface area contributed by atoms with Crippen LogP contribution in [0.3, 0.4) is 0 Å². The molecule has 5 heterocycles. The Balaban J connectivity index is 1.26. The van der Waals surface area contributed by atoms with Crippen molar-refractivity contribution in [2.45, 2.75) is 44.4 Å². The Labute approximate surface area is 207 Å². The number of ether oxygens (including phenoxy) is 2. The van der Waals surface area contributed by atoms with E-state index in [1.807, 2.05) is 9.91 Å². The molecular formula is C23H30F3N7O3. The highest BCUT2D eigenvalue weighted by atomic mass is 19.4. The highest BCUT2D eigenvalue weighted by molar-refractivity contribution is 5.95. The summed E-state index contributed by atoms with van der Waals surface area (Å²) in [6.07, 6.45) is 0.874. The number of hydrogen-bond donors (Lipinski definition) is 1. The van der Waals surface area contributed by atoms with E-state index in [1.54, 1.807) is 0 Å². The van der Waals surface area contributed by atoms with Crippen LogP contribution in [0, 0.1) is 5.92 Å². The van der Waals surface area contributed by atoms with Gasteiger partial charge in [0.25, 0.3) is 0 Å². The largest absolute Gasteiger partial charge is 0.481 e. The molecule has 0 aromatic carbocycles. The summed E-state index contributed by atoms with van der Waals surface area (Å²) >= 11 is 0. The summed E-state index contributed by atoms with van der Waals surface area (Å²) in [5.41, 5.74) is 0.807. The van der Waals surface area contributed by atoms with Crippen molar-refractivity contribution in [1.29, 1.82) is 0 Å². The maximum absolute atomic E-state index is 13.5. The van der Waals surface area contributed by atoms with Gasteiger partial charge in [-0.3, -0.25) is 9.80 Å². The molecule has 196 valence electrons. The van der Waals surface area contributed by atoms with Crippen LogP contribution in [-0.2, 0) is 27.2 Å². The van der Waals surface area contributed by atoms with Crippen LogP contribution in [0.25, 0.3) is 0 Å². The van der Waals surface area contributed by atoms with Gasteiger partial charge in [-0.05, 0) is 19.3 Å². The van der Waals surface area contributed by atoms with Gasteiger partial charge in [0.2, 0.25) is 11.8 Å². The first-order valence-electron chi connectivity index (χ1n) is 12.2. The number of halogens is 3. The molecule has 10 nitrogen and oxygen atoms in total. The Bertz CT molecular complexity index is 1040. The van der Waals surface area contributed by atoms with Crippen molar-refractivity contribution >= 4 is 17.6 Å². The number of rotatable bonds is 4. The van der Waals surface area contributed by atoms with Gasteiger partial charge in [-0.15, -0.1) is 0 Å². The van der Waals surface area contributed by atoms with Crippen LogP contribution in [0.15, 0.2) is 23.1 Å². The number of aromatic nitrogens is 2. The van der Waals surface area contributed by atoms with Crippen LogP contribution < -0.4 is 5.32 Å². The Morgan fingerprint density at radius 1 is 1.19 bits per heavy atom. The zero-order chi connectivity index (χ0) is 25.3. The minimum atomic E-state index is -4.58. The number of aliphatic imine (C=N–C) groups is 1. The summed E-state index contributed by atoms with van der Waals surface area (Å²) in [4.78, 5) is 27.6. The Kier molecular flexibility index (Phi) is 7.02. The molecule has 5 rings (SSSR count). The van der Waals surface area contributed by atoms with E-state index in [0.717, 1.165) is 36.7 Å². The van der Waals surface area contributed by atoms with Gasteiger partial charge in [0, 0.05) is 69.5 Å². The van der Waals surface area contributed by atoms with Crippen molar-refractivity contribution < 1.29 is 27.4 Å². The second kappa shape index (κ2) is 10.2. The molecular weight excluding hydrogens is 479 g/mol. The number of methoxy groups -OCH3 is 1. The van der Waals surface area contributed by atoms with E-state index in [2.05, 4.69) is 20.3 Å². The van der Waals surface area contributed by atoms with Crippen molar-refractivity contribution in [2.24, 2.45) is 10.9 Å². The fourth-order valence-corrected chi connectivity index (χ4v) is 5.15. The summed E-state index contributed by atoms with van der Waals surface area (Å²) in [7, 11) is 1.18. The zero-order valence-corrected chi connectivity index (χ0v) is 20.1. The summed E-state index contributed by atoms with van der Waals surface area (Å²) < 4.78 is 50.8. The number of alkyl halides is 3. The lowest BCUT2D eigenvalue weighted by Gasteiger charge is -2.38. The van der Waals surface area contributed by atoms with E-state index in [4.69, 9.17) is 9.47 Å². The Morgan fingerprint density at radius 3 is 2.75 bits per heavy atom. The number of likely N-dealkylation sites (tertiary alicyclic amines) is 1. The molecule has 0 saturated carbocycles. The van der Waals surface area contributed by atoms with Gasteiger partial charge in [0.05, 0.1) is 12.8 Å². The number of hydrazine groups is 1. The second-order valence-electron chi connectivity index (χ2n) is 9.38. The summed E-state index contributed by atoms with van der Waals surface area (Å²) in [5, 5.41) is 6.75. The molecule has 1 unspecified atom stereocenters. The highest BCUT2D eigenvalue weighted by Gasteiger charge is 2.41. The van der Waals surface area contributed by atoms with Gasteiger partial charge < -0.3 is 19.7 Å². The number of hydrogen-bond acceptors (Lipinski definition) is 9. The van der Waals surface area contributed by atoms with Crippen LogP contribution in [0.5, 0.6) is 0 Å². The molecule has 2 saturated heterocycles. The van der Waals surface area contributed by atoms with Crippen molar-refractivity contribution in [1.82, 2.24) is 24.9 Å². The number of carbonyl (C=O) groups excluding carboxylic acids is 1. The van der Waals surface area contributed by atoms with Gasteiger partial charge in [0.15, 0.2) is 0 Å². The van der Waals surface area contributed by atoms with E-state index in [9.17, 15) is 18.0 Å². The molecule has 0 spiro atoms. The van der Waals surface area contributed by atoms with E-state index in [1.165, 1.54) is 18.4 Å². The summed E-state index contributed by atoms with van der Waals surface area (Å²) in [6.45, 7) is 3.41. The van der Waals surface area contributed by atoms with Crippen LogP contribution in [-0.4, -0.2) is 95.5 Å². The van der Waals surface area contributed by atoms with Crippen LogP contribution >= 0.6 is 0 Å². The first kappa shape index (κ1) is 24.8. The normalized spacial score (nSPS) is 23.7. The SMILES string of the molecule is COC1=NCN(N2CCc3ncnc(NC4CCN(C(=O)C5CCOCC5)C4)c3C2)C=C1C(F)(F)F. The van der Waals surface area contributed by atoms with E-state index < -0.39 is 17.6 Å². The first-order chi connectivity index (χ1) is 17.3. The number of anilines is 1. The number of fused-ring (bicyclic) bond motifs is 1. The predicted octanol–water partition coefficient (Wildman–Crippen LogP) is 1.95. The lowest BCUT2D eigenvalue weighted by molar-refractivity contribution is -0.137. The molecule has 0 bridgehead atoms. The van der Waals surface area contributed by atoms with Gasteiger partial charge >= 0.3 is 6.18 Å². The van der Waals surface area contributed by atoms with Crippen molar-refractivity contribution in [3.05, 3.63) is 29.4 Å². The van der Waals surface area contributed by atoms with Crippen molar-refractivity contribution in [2.75, 3.05) is 51.9 Å². The molecule has 1 amide bonds. The number of carbonyl (C=O) groups is 1. The van der Waals surface area contributed by atoms with Crippen LogP contribution in [0.1, 0.15) is 30.5 Å². The number of nitrogens with one attached hydrogen (secondary N) is 1. The third-order valence-corrected chi connectivity index (χ3v) is 7.12. The minimum absolute atomic E-state index is 0.0262. The van der Waals surface area contributed by atoms with Gasteiger partial charge in [0.1, 0.15) is 24.4 Å². The number of nitrogens with zero attached hydrogens (tertiary/aromatic N) is 6. The Hall–Kier alpha value is -2.93. The third-order valence-electron chi connectivity index (χ3n) is 7.12. The van der Waals surface area contributed by atoms with Crippen molar-refractivity contribution in [3.63, 3.8) is 0 Å². The molecule has 0 aliphatic carbocycles. The first-order valence-corrected chi connectivity index (χ1v) is 12.2. The van der Waals surface area contributed by atoms with Gasteiger partial charge in [-0.2, -0.15) is 13.2 Å². The smallest absolute Gasteiger partial charge is 0.423 e. The molecule has 0 radical (unpaired) electrons. The highest BCUT2D eigenvalue weighted by Crippen LogP contribution is 2.32. The van der Waals surface area contributed by atoms with E-state index >= 15 is 0 Å². The fraction of sp³-hybridized carbons (Fsp3) is 0.652. The van der Waals surface area contributed by atoms with Crippen LogP contribution in [0.4, 0.5) is 19.0 Å². The zero-order valence-electron chi connectivity index (χ0n) is 20.1. The molecule has 1 aromatic rings. The van der Waals surface area contributed by atoms with Crippen LogP contribution in [0.2, 0.25) is 0 Å². The molecule has 4 aliphatic heterocycles. The fourth-order valence-electron chi connectivity index (χ4n) is 5.15. The molecule has 4 aliphatic rings. The Morgan fingerprint density at radius 2 is 2.00 bits per heavy atom. The molecule has 1 atom stereocenters. The third kappa shape index (κ3) is 5.12. The topological polar surface area (TPSA) is 95.4 Å². The standard InChI is InChI=1S/C23H30F3N7O3/c1-35-21-18(23(24,25)26)12-33(14-29-21)32-7-3-19-17(11-32)20(28-13-27-19)30-16-2-6-31(10-16)22(34)15-4-8-36-9-5-15/h12-13,15-16H,2-11,14H2,1H3,(H,27,28,30). The second-order valence-corrected chi connectivity index (χ2v) is 9.38. The van der Waals surface area contributed by atoms with E-state index in [-0.39, 0.29) is 24.5 Å². The average Bonchev–Trinajstić information content (AvgIpc) is 3.36. The summed E-state index contributed by atoms with van der Waals surface area (Å²) in [5.74, 6) is 0.460. The van der Waals surface area contributed by atoms with E-state index in [0.29, 0.717) is 51.6 Å². The van der Waals surface area contributed by atoms with Crippen molar-refractivity contribution in [3.8, 4) is 0 Å². The maximum Gasteiger partial charge on any atom is 0.423 e. The van der Waals surface area contributed by atoms with Gasteiger partial charge in [-0.25, -0.2) is 20.0 Å². The lowest BCUT2D eigenvalue weighted by Crippen LogP contribution is -2.46. The predicted molar refractivity (Wildman–Crippen MR) is 124 cm³/mol. The molecule has 1 aromatic heterocycles. The molecule has 36 heavy (non-hydrogen) atoms. The van der Waals surface area contributed by atoms with Gasteiger partial charge in [-0.1, -0.05) is 0 Å². The quantitative estimate of drug-likeness (QED) is 0.658. The average molecular weight is 510 g/mol. The summed E-state index contributed by atoms with van der Waals surface area (Å²) in [6, 6.07) is 0.0451. The minimum Gasteiger partial charge on any atom is -0.481 e. The monoisotopic (exact) mass is 509 g/mol. The lowest BCUT2D eigenvalue weighted by atomic mass is 9.99. The molecule has 2 fully saturated rings. The molecule has 1 N–H and O–H groups in total. The maximum atomic E-state index is 13.5. The molecule has 13 heteroatoms. The number of amides is 1.